The quantitative estimate of drug-likeness (QED) is 0.388. The standard InChI is InChI=1S/C16H27N3O.HI/c1-5-13(4)19-16(17-6-2)18-11-15(20)14-9-7-12(3)8-10-14;/h7-10,13,15,20H,5-6,11H2,1-4H3,(H2,17,18,19);1H. The summed E-state index contributed by atoms with van der Waals surface area (Å²) >= 11 is 0. The number of guanidine groups is 1. The monoisotopic (exact) mass is 405 g/mol. The van der Waals surface area contributed by atoms with E-state index in [1.54, 1.807) is 0 Å². The zero-order valence-corrected chi connectivity index (χ0v) is 15.7. The van der Waals surface area contributed by atoms with Crippen molar-refractivity contribution in [1.29, 1.82) is 0 Å². The lowest BCUT2D eigenvalue weighted by atomic mass is 10.1. The molecule has 1 aromatic carbocycles. The van der Waals surface area contributed by atoms with Gasteiger partial charge in [-0.15, -0.1) is 24.0 Å². The molecule has 0 aliphatic heterocycles. The van der Waals surface area contributed by atoms with Crippen molar-refractivity contribution in [3.05, 3.63) is 35.4 Å². The van der Waals surface area contributed by atoms with Gasteiger partial charge in [-0.1, -0.05) is 36.8 Å². The van der Waals surface area contributed by atoms with Crippen LogP contribution in [-0.4, -0.2) is 30.2 Å². The minimum Gasteiger partial charge on any atom is -0.386 e. The molecule has 5 heteroatoms. The molecule has 0 spiro atoms. The summed E-state index contributed by atoms with van der Waals surface area (Å²) in [5, 5.41) is 16.7. The molecule has 0 aliphatic carbocycles. The maximum Gasteiger partial charge on any atom is 0.191 e. The Labute approximate surface area is 145 Å². The van der Waals surface area contributed by atoms with Gasteiger partial charge in [0.25, 0.3) is 0 Å². The van der Waals surface area contributed by atoms with Gasteiger partial charge in [-0.25, -0.2) is 0 Å². The number of rotatable bonds is 6. The maximum absolute atomic E-state index is 10.2. The highest BCUT2D eigenvalue weighted by Gasteiger charge is 2.08. The summed E-state index contributed by atoms with van der Waals surface area (Å²) in [5.41, 5.74) is 2.09. The zero-order chi connectivity index (χ0) is 15.0. The number of nitrogens with zero attached hydrogens (tertiary/aromatic N) is 1. The Balaban J connectivity index is 0.00000400. The highest BCUT2D eigenvalue weighted by Crippen LogP contribution is 2.13. The molecule has 0 amide bonds. The van der Waals surface area contributed by atoms with E-state index in [0.717, 1.165) is 24.5 Å². The average Bonchev–Trinajstić information content (AvgIpc) is 2.45. The molecular weight excluding hydrogens is 377 g/mol. The lowest BCUT2D eigenvalue weighted by molar-refractivity contribution is 0.187. The minimum absolute atomic E-state index is 0. The van der Waals surface area contributed by atoms with Gasteiger partial charge < -0.3 is 15.7 Å². The molecule has 120 valence electrons. The third-order valence-electron chi connectivity index (χ3n) is 3.22. The van der Waals surface area contributed by atoms with Crippen molar-refractivity contribution in [3.8, 4) is 0 Å². The first-order valence-corrected chi connectivity index (χ1v) is 7.36. The first-order chi connectivity index (χ1) is 9.56. The molecule has 2 unspecified atom stereocenters. The van der Waals surface area contributed by atoms with Crippen LogP contribution in [0.25, 0.3) is 0 Å². The van der Waals surface area contributed by atoms with Gasteiger partial charge >= 0.3 is 0 Å². The number of hydrogen-bond acceptors (Lipinski definition) is 2. The summed E-state index contributed by atoms with van der Waals surface area (Å²) in [6.07, 6.45) is 0.466. The number of aliphatic hydroxyl groups excluding tert-OH is 1. The second-order valence-corrected chi connectivity index (χ2v) is 5.10. The van der Waals surface area contributed by atoms with Crippen LogP contribution in [0.15, 0.2) is 29.3 Å². The Morgan fingerprint density at radius 2 is 1.86 bits per heavy atom. The molecule has 0 aliphatic rings. The number of aryl methyl sites for hydroxylation is 1. The molecule has 21 heavy (non-hydrogen) atoms. The van der Waals surface area contributed by atoms with Crippen LogP contribution in [0.1, 0.15) is 44.4 Å². The SMILES string of the molecule is CCNC(=NCC(O)c1ccc(C)cc1)NC(C)CC.I. The van der Waals surface area contributed by atoms with Gasteiger partial charge in [0.2, 0.25) is 0 Å². The van der Waals surface area contributed by atoms with Crippen molar-refractivity contribution in [1.82, 2.24) is 10.6 Å². The Kier molecular flexibility index (Phi) is 10.4. The molecule has 1 rings (SSSR count). The van der Waals surface area contributed by atoms with E-state index >= 15 is 0 Å². The largest absolute Gasteiger partial charge is 0.386 e. The van der Waals surface area contributed by atoms with Crippen LogP contribution in [0.3, 0.4) is 0 Å². The summed E-state index contributed by atoms with van der Waals surface area (Å²) in [6, 6.07) is 8.27. The number of hydrogen-bond donors (Lipinski definition) is 3. The minimum atomic E-state index is -0.567. The van der Waals surface area contributed by atoms with Crippen molar-refractivity contribution < 1.29 is 5.11 Å². The van der Waals surface area contributed by atoms with Gasteiger partial charge in [-0.3, -0.25) is 4.99 Å². The van der Waals surface area contributed by atoms with Crippen LogP contribution in [0, 0.1) is 6.92 Å². The van der Waals surface area contributed by atoms with Crippen molar-refractivity contribution in [2.24, 2.45) is 4.99 Å². The van der Waals surface area contributed by atoms with E-state index in [1.165, 1.54) is 5.56 Å². The Bertz CT molecular complexity index is 420. The normalized spacial score (nSPS) is 14.0. The number of nitrogens with one attached hydrogen (secondary N) is 2. The molecule has 3 N–H and O–H groups in total. The van der Waals surface area contributed by atoms with E-state index in [9.17, 15) is 5.11 Å². The number of benzene rings is 1. The smallest absolute Gasteiger partial charge is 0.191 e. The maximum atomic E-state index is 10.2. The summed E-state index contributed by atoms with van der Waals surface area (Å²) in [4.78, 5) is 4.44. The van der Waals surface area contributed by atoms with Crippen molar-refractivity contribution >= 4 is 29.9 Å². The molecule has 0 saturated heterocycles. The summed E-state index contributed by atoms with van der Waals surface area (Å²) in [6.45, 7) is 9.47. The molecule has 0 fully saturated rings. The molecule has 2 atom stereocenters. The molecule has 0 bridgehead atoms. The second-order valence-electron chi connectivity index (χ2n) is 5.10. The molecule has 0 saturated carbocycles. The van der Waals surface area contributed by atoms with Gasteiger partial charge in [0.05, 0.1) is 12.6 Å². The van der Waals surface area contributed by atoms with Crippen molar-refractivity contribution in [2.75, 3.05) is 13.1 Å². The van der Waals surface area contributed by atoms with Crippen LogP contribution < -0.4 is 10.6 Å². The number of aliphatic hydroxyl groups is 1. The number of aliphatic imine (C=N–C) groups is 1. The van der Waals surface area contributed by atoms with Gasteiger partial charge in [0.1, 0.15) is 0 Å². The highest BCUT2D eigenvalue weighted by atomic mass is 127. The third kappa shape index (κ3) is 7.66. The van der Waals surface area contributed by atoms with Crippen LogP contribution in [0.4, 0.5) is 0 Å². The summed E-state index contributed by atoms with van der Waals surface area (Å²) in [5.74, 6) is 0.757. The molecule has 0 radical (unpaired) electrons. The van der Waals surface area contributed by atoms with Gasteiger partial charge in [0.15, 0.2) is 5.96 Å². The number of halogens is 1. The van der Waals surface area contributed by atoms with E-state index in [-0.39, 0.29) is 24.0 Å². The first-order valence-electron chi connectivity index (χ1n) is 7.36. The Morgan fingerprint density at radius 1 is 1.24 bits per heavy atom. The van der Waals surface area contributed by atoms with Gasteiger partial charge in [-0.2, -0.15) is 0 Å². The fraction of sp³-hybridized carbons (Fsp3) is 0.562. The zero-order valence-electron chi connectivity index (χ0n) is 13.4. The summed E-state index contributed by atoms with van der Waals surface area (Å²) < 4.78 is 0. The lowest BCUT2D eigenvalue weighted by Gasteiger charge is -2.17. The topological polar surface area (TPSA) is 56.7 Å². The van der Waals surface area contributed by atoms with E-state index < -0.39 is 6.10 Å². The Hall–Kier alpha value is -0.820. The van der Waals surface area contributed by atoms with Crippen LogP contribution in [0.2, 0.25) is 0 Å². The second kappa shape index (κ2) is 10.8. The van der Waals surface area contributed by atoms with Crippen LogP contribution >= 0.6 is 24.0 Å². The van der Waals surface area contributed by atoms with Crippen molar-refractivity contribution in [2.45, 2.75) is 46.3 Å². The molecule has 4 nitrogen and oxygen atoms in total. The molecule has 0 aromatic heterocycles. The van der Waals surface area contributed by atoms with E-state index in [0.29, 0.717) is 12.6 Å². The summed E-state index contributed by atoms with van der Waals surface area (Å²) in [7, 11) is 0. The molecular formula is C16H28IN3O. The van der Waals surface area contributed by atoms with E-state index in [1.807, 2.05) is 38.1 Å². The molecule has 0 heterocycles. The Morgan fingerprint density at radius 3 is 2.38 bits per heavy atom. The average molecular weight is 405 g/mol. The van der Waals surface area contributed by atoms with Crippen LogP contribution in [-0.2, 0) is 0 Å². The van der Waals surface area contributed by atoms with Crippen molar-refractivity contribution in [3.63, 3.8) is 0 Å². The fourth-order valence-corrected chi connectivity index (χ4v) is 1.73. The first kappa shape index (κ1) is 20.2. The van der Waals surface area contributed by atoms with Gasteiger partial charge in [0, 0.05) is 12.6 Å². The molecule has 1 aromatic rings. The predicted molar refractivity (Wildman–Crippen MR) is 100 cm³/mol. The van der Waals surface area contributed by atoms with E-state index in [4.69, 9.17) is 0 Å². The van der Waals surface area contributed by atoms with E-state index in [2.05, 4.69) is 29.5 Å². The predicted octanol–water partition coefficient (Wildman–Crippen LogP) is 3.00. The third-order valence-corrected chi connectivity index (χ3v) is 3.22. The van der Waals surface area contributed by atoms with Crippen LogP contribution in [0.5, 0.6) is 0 Å². The fourth-order valence-electron chi connectivity index (χ4n) is 1.73. The lowest BCUT2D eigenvalue weighted by Crippen LogP contribution is -2.42. The highest BCUT2D eigenvalue weighted by molar-refractivity contribution is 14.0. The van der Waals surface area contributed by atoms with Gasteiger partial charge in [-0.05, 0) is 32.8 Å².